The summed E-state index contributed by atoms with van der Waals surface area (Å²) in [6.07, 6.45) is 6.32. The fourth-order valence-electron chi connectivity index (χ4n) is 6.64. The minimum absolute atomic E-state index is 0.957. The van der Waals surface area contributed by atoms with E-state index >= 15 is 0 Å². The average Bonchev–Trinajstić information content (AvgIpc) is 3.52. The first kappa shape index (κ1) is 30.7. The number of hydrogen-bond donors (Lipinski definition) is 1. The van der Waals surface area contributed by atoms with Gasteiger partial charge in [0.2, 0.25) is 0 Å². The number of benzene rings is 7. The van der Waals surface area contributed by atoms with Gasteiger partial charge in [-0.2, -0.15) is 0 Å². The topological polar surface area (TPSA) is 17.0 Å². The number of hydrogen-bond acceptors (Lipinski definition) is 1. The van der Waals surface area contributed by atoms with Crippen LogP contribution in [0.4, 0.5) is 5.69 Å². The Bertz CT molecular complexity index is 2470. The van der Waals surface area contributed by atoms with Gasteiger partial charge in [-0.15, -0.1) is 0 Å². The fraction of sp³-hybridized carbons (Fsp3) is 0. The lowest BCUT2D eigenvalue weighted by molar-refractivity contribution is 1.18. The number of anilines is 1. The molecule has 2 nitrogen and oxygen atoms in total. The molecule has 0 atom stereocenters. The van der Waals surface area contributed by atoms with E-state index in [9.17, 15) is 0 Å². The van der Waals surface area contributed by atoms with Gasteiger partial charge >= 0.3 is 0 Å². The third kappa shape index (κ3) is 6.31. The van der Waals surface area contributed by atoms with Crippen molar-refractivity contribution in [1.82, 2.24) is 4.57 Å². The van der Waals surface area contributed by atoms with E-state index in [0.29, 0.717) is 0 Å². The van der Waals surface area contributed by atoms with Crippen molar-refractivity contribution in [2.24, 2.45) is 0 Å². The Balaban J connectivity index is 1.28. The molecule has 0 aliphatic rings. The third-order valence-electron chi connectivity index (χ3n) is 9.20. The van der Waals surface area contributed by atoms with Crippen LogP contribution in [-0.4, -0.2) is 4.57 Å². The number of allylic oxidation sites excluding steroid dienone is 4. The van der Waals surface area contributed by atoms with Crippen LogP contribution >= 0.6 is 0 Å². The molecular weight excluding hydrogens is 605 g/mol. The second kappa shape index (κ2) is 13.8. The quantitative estimate of drug-likeness (QED) is 0.155. The summed E-state index contributed by atoms with van der Waals surface area (Å²) in [5.74, 6) is 0. The maximum atomic E-state index is 4.45. The van der Waals surface area contributed by atoms with Crippen molar-refractivity contribution in [1.29, 1.82) is 0 Å². The van der Waals surface area contributed by atoms with Crippen LogP contribution in [0.1, 0.15) is 11.1 Å². The van der Waals surface area contributed by atoms with Gasteiger partial charge in [0, 0.05) is 28.3 Å². The molecule has 238 valence electrons. The lowest BCUT2D eigenvalue weighted by Crippen LogP contribution is -1.94. The molecule has 8 rings (SSSR count). The summed E-state index contributed by atoms with van der Waals surface area (Å²) in [6.45, 7) is 4.45. The molecule has 0 amide bonds. The number of nitrogens with one attached hydrogen (secondary N) is 1. The van der Waals surface area contributed by atoms with Crippen molar-refractivity contribution in [2.45, 2.75) is 0 Å². The maximum Gasteiger partial charge on any atom is 0.0547 e. The van der Waals surface area contributed by atoms with E-state index in [2.05, 4.69) is 186 Å². The van der Waals surface area contributed by atoms with Crippen molar-refractivity contribution in [3.05, 3.63) is 218 Å². The van der Waals surface area contributed by atoms with Gasteiger partial charge in [0.05, 0.1) is 11.0 Å². The van der Waals surface area contributed by atoms with Crippen LogP contribution in [0.25, 0.3) is 60.9 Å². The number of para-hydroxylation sites is 1. The zero-order valence-electron chi connectivity index (χ0n) is 27.7. The van der Waals surface area contributed by atoms with Crippen LogP contribution in [0.2, 0.25) is 0 Å². The Labute approximate surface area is 293 Å². The standard InChI is InChI=1S/C48H36N2/c1-35(36-14-6-2-7-15-36)32-42(30-31-49-43-20-12-5-13-21-43)40-25-29-47-46(33-40)45-28-24-41(38-18-10-4-11-19-38)34-48(45)50(47)44-26-22-39(23-27-44)37-16-8-3-9-17-37/h2-34,49H,1H2/b31-30-,42-32+. The number of aromatic nitrogens is 1. The van der Waals surface area contributed by atoms with Crippen molar-refractivity contribution >= 4 is 38.6 Å². The molecule has 7 aromatic carbocycles. The fourth-order valence-corrected chi connectivity index (χ4v) is 6.64. The summed E-state index contributed by atoms with van der Waals surface area (Å²) in [5, 5.41) is 5.84. The molecular formula is C48H36N2. The highest BCUT2D eigenvalue weighted by Crippen LogP contribution is 2.37. The molecule has 2 heteroatoms. The molecule has 8 aromatic rings. The lowest BCUT2D eigenvalue weighted by atomic mass is 9.98. The van der Waals surface area contributed by atoms with E-state index in [1.165, 1.54) is 38.5 Å². The van der Waals surface area contributed by atoms with Gasteiger partial charge in [-0.3, -0.25) is 0 Å². The molecule has 0 saturated carbocycles. The highest BCUT2D eigenvalue weighted by atomic mass is 15.0. The van der Waals surface area contributed by atoms with Gasteiger partial charge in [0.15, 0.2) is 0 Å². The molecule has 1 aromatic heterocycles. The predicted octanol–water partition coefficient (Wildman–Crippen LogP) is 12.8. The summed E-state index contributed by atoms with van der Waals surface area (Å²) in [4.78, 5) is 0. The van der Waals surface area contributed by atoms with Crippen LogP contribution in [0.5, 0.6) is 0 Å². The minimum Gasteiger partial charge on any atom is -0.362 e. The molecule has 0 unspecified atom stereocenters. The zero-order chi connectivity index (χ0) is 33.7. The van der Waals surface area contributed by atoms with Gasteiger partial charge in [0.25, 0.3) is 0 Å². The molecule has 0 spiro atoms. The molecule has 0 aliphatic heterocycles. The van der Waals surface area contributed by atoms with Gasteiger partial charge in [-0.05, 0) is 99.1 Å². The summed E-state index contributed by atoms with van der Waals surface area (Å²) < 4.78 is 2.40. The first-order chi connectivity index (χ1) is 24.7. The smallest absolute Gasteiger partial charge is 0.0547 e. The highest BCUT2D eigenvalue weighted by molar-refractivity contribution is 6.11. The van der Waals surface area contributed by atoms with Gasteiger partial charge in [0.1, 0.15) is 0 Å². The van der Waals surface area contributed by atoms with Gasteiger partial charge in [-0.25, -0.2) is 0 Å². The lowest BCUT2D eigenvalue weighted by Gasteiger charge is -2.11. The largest absolute Gasteiger partial charge is 0.362 e. The monoisotopic (exact) mass is 640 g/mol. The number of rotatable bonds is 9. The second-order valence-electron chi connectivity index (χ2n) is 12.4. The van der Waals surface area contributed by atoms with E-state index in [1.54, 1.807) is 0 Å². The highest BCUT2D eigenvalue weighted by Gasteiger charge is 2.15. The third-order valence-corrected chi connectivity index (χ3v) is 9.20. The molecule has 0 fully saturated rings. The van der Waals surface area contributed by atoms with Crippen LogP contribution in [0.15, 0.2) is 207 Å². The van der Waals surface area contributed by atoms with Crippen LogP contribution in [-0.2, 0) is 0 Å². The summed E-state index contributed by atoms with van der Waals surface area (Å²) >= 11 is 0. The first-order valence-corrected chi connectivity index (χ1v) is 17.0. The zero-order valence-corrected chi connectivity index (χ0v) is 27.7. The van der Waals surface area contributed by atoms with Crippen molar-refractivity contribution < 1.29 is 0 Å². The molecule has 1 N–H and O–H groups in total. The van der Waals surface area contributed by atoms with Crippen LogP contribution < -0.4 is 5.32 Å². The van der Waals surface area contributed by atoms with Gasteiger partial charge in [-0.1, -0.05) is 146 Å². The Morgan fingerprint density at radius 2 is 1.06 bits per heavy atom. The molecule has 0 bridgehead atoms. The number of fused-ring (bicyclic) bond motifs is 3. The van der Waals surface area contributed by atoms with E-state index in [1.807, 2.05) is 30.5 Å². The van der Waals surface area contributed by atoms with Gasteiger partial charge < -0.3 is 9.88 Å². The Kier molecular flexibility index (Phi) is 8.49. The summed E-state index contributed by atoms with van der Waals surface area (Å²) in [6, 6.07) is 64.3. The average molecular weight is 641 g/mol. The Morgan fingerprint density at radius 1 is 0.480 bits per heavy atom. The van der Waals surface area contributed by atoms with E-state index in [-0.39, 0.29) is 0 Å². The molecule has 1 heterocycles. The van der Waals surface area contributed by atoms with Crippen molar-refractivity contribution in [3.63, 3.8) is 0 Å². The second-order valence-corrected chi connectivity index (χ2v) is 12.4. The summed E-state index contributed by atoms with van der Waals surface area (Å²) in [7, 11) is 0. The predicted molar refractivity (Wildman–Crippen MR) is 214 cm³/mol. The molecule has 0 radical (unpaired) electrons. The van der Waals surface area contributed by atoms with E-state index < -0.39 is 0 Å². The SMILES string of the molecule is C=C(/C=C(\C=C/Nc1ccccc1)c1ccc2c(c1)c1ccc(-c3ccccc3)cc1n2-c1ccc(-c2ccccc2)cc1)c1ccccc1. The van der Waals surface area contributed by atoms with Crippen LogP contribution in [0, 0.1) is 0 Å². The Hall–Kier alpha value is -6.64. The first-order valence-electron chi connectivity index (χ1n) is 17.0. The Morgan fingerprint density at radius 3 is 1.74 bits per heavy atom. The number of nitrogens with zero attached hydrogens (tertiary/aromatic N) is 1. The van der Waals surface area contributed by atoms with E-state index in [0.717, 1.165) is 39.2 Å². The van der Waals surface area contributed by atoms with Crippen LogP contribution in [0.3, 0.4) is 0 Å². The molecule has 50 heavy (non-hydrogen) atoms. The molecule has 0 saturated heterocycles. The normalized spacial score (nSPS) is 11.7. The minimum atomic E-state index is 0.957. The summed E-state index contributed by atoms with van der Waals surface area (Å²) in [5.41, 5.74) is 13.5. The maximum absolute atomic E-state index is 4.45. The molecule has 0 aliphatic carbocycles. The van der Waals surface area contributed by atoms with Crippen molar-refractivity contribution in [3.8, 4) is 27.9 Å². The van der Waals surface area contributed by atoms with Crippen molar-refractivity contribution in [2.75, 3.05) is 5.32 Å². The van der Waals surface area contributed by atoms with E-state index in [4.69, 9.17) is 0 Å².